The average molecular weight is 295 g/mol. The number of halogens is 1. The molecule has 1 aromatic carbocycles. The molecule has 0 spiro atoms. The average Bonchev–Trinajstić information content (AvgIpc) is 2.30. The van der Waals surface area contributed by atoms with Gasteiger partial charge >= 0.3 is 0 Å². The van der Waals surface area contributed by atoms with Crippen molar-refractivity contribution in [3.8, 4) is 0 Å². The molecule has 0 aliphatic heterocycles. The number of nitrogens with one attached hydrogen (secondary N) is 1. The molecule has 1 aromatic heterocycles. The van der Waals surface area contributed by atoms with Crippen LogP contribution in [0.5, 0.6) is 0 Å². The second-order valence-electron chi connectivity index (χ2n) is 3.24. The molecule has 0 saturated heterocycles. The van der Waals surface area contributed by atoms with Gasteiger partial charge in [0.25, 0.3) is 0 Å². The lowest BCUT2D eigenvalue weighted by atomic mass is 10.3. The zero-order valence-corrected chi connectivity index (χ0v) is 11.0. The van der Waals surface area contributed by atoms with E-state index in [-0.39, 0.29) is 0 Å². The van der Waals surface area contributed by atoms with Gasteiger partial charge in [-0.2, -0.15) is 0 Å². The van der Waals surface area contributed by atoms with Gasteiger partial charge < -0.3 is 0 Å². The molecule has 1 N–H and O–H groups in total. The topological polar surface area (TPSA) is 24.9 Å². The normalized spacial score (nSPS) is 10.3. The molecule has 0 aliphatic carbocycles. The van der Waals surface area contributed by atoms with Crippen molar-refractivity contribution in [3.05, 3.63) is 58.8 Å². The maximum Gasteiger partial charge on any atom is 0.0314 e. The summed E-state index contributed by atoms with van der Waals surface area (Å²) in [6.07, 6.45) is 3.61. The molecule has 0 aliphatic rings. The van der Waals surface area contributed by atoms with Crippen molar-refractivity contribution in [2.75, 3.05) is 0 Å². The highest BCUT2D eigenvalue weighted by atomic mass is 79.9. The second-order valence-corrected chi connectivity index (χ2v) is 5.12. The summed E-state index contributed by atoms with van der Waals surface area (Å²) >= 11 is 5.08. The van der Waals surface area contributed by atoms with Crippen molar-refractivity contribution in [1.82, 2.24) is 9.71 Å². The second kappa shape index (κ2) is 6.03. The van der Waals surface area contributed by atoms with Crippen molar-refractivity contribution < 1.29 is 0 Å². The van der Waals surface area contributed by atoms with E-state index in [2.05, 4.69) is 37.8 Å². The highest BCUT2D eigenvalue weighted by Gasteiger charge is 1.95. The summed E-state index contributed by atoms with van der Waals surface area (Å²) in [5.74, 6) is 0. The van der Waals surface area contributed by atoms with Gasteiger partial charge in [0.05, 0.1) is 0 Å². The Kier molecular flexibility index (Phi) is 4.39. The fourth-order valence-corrected chi connectivity index (χ4v) is 2.52. The van der Waals surface area contributed by atoms with Crippen LogP contribution in [0.15, 0.2) is 58.2 Å². The summed E-state index contributed by atoms with van der Waals surface area (Å²) in [6.45, 7) is 0.833. The fourth-order valence-electron chi connectivity index (χ4n) is 1.23. The molecule has 0 fully saturated rings. The number of hydrogen-bond donors (Lipinski definition) is 1. The number of hydrogen-bond acceptors (Lipinski definition) is 3. The van der Waals surface area contributed by atoms with Gasteiger partial charge in [-0.3, -0.25) is 9.71 Å². The van der Waals surface area contributed by atoms with Crippen LogP contribution in [-0.2, 0) is 6.54 Å². The summed E-state index contributed by atoms with van der Waals surface area (Å²) in [6, 6.07) is 12.2. The van der Waals surface area contributed by atoms with Crippen molar-refractivity contribution in [2.45, 2.75) is 11.4 Å². The highest BCUT2D eigenvalue weighted by Crippen LogP contribution is 2.19. The molecule has 4 heteroatoms. The Bertz CT molecular complexity index is 448. The first-order valence-electron chi connectivity index (χ1n) is 4.89. The smallest absolute Gasteiger partial charge is 0.0314 e. The third-order valence-corrected chi connectivity index (χ3v) is 3.28. The first-order chi connectivity index (χ1) is 7.84. The van der Waals surface area contributed by atoms with Gasteiger partial charge in [-0.15, -0.1) is 0 Å². The van der Waals surface area contributed by atoms with Gasteiger partial charge in [0.15, 0.2) is 0 Å². The van der Waals surface area contributed by atoms with Crippen molar-refractivity contribution in [2.24, 2.45) is 0 Å². The first-order valence-corrected chi connectivity index (χ1v) is 6.50. The zero-order chi connectivity index (χ0) is 11.2. The molecule has 0 radical (unpaired) electrons. The van der Waals surface area contributed by atoms with Crippen LogP contribution >= 0.6 is 27.9 Å². The minimum Gasteiger partial charge on any atom is -0.265 e. The van der Waals surface area contributed by atoms with Crippen LogP contribution < -0.4 is 4.72 Å². The van der Waals surface area contributed by atoms with Gasteiger partial charge in [0.2, 0.25) is 0 Å². The van der Waals surface area contributed by atoms with Crippen LogP contribution in [0.25, 0.3) is 0 Å². The largest absolute Gasteiger partial charge is 0.265 e. The molecule has 0 amide bonds. The SMILES string of the molecule is Brc1cccc(SNCc2ccncc2)c1. The Morgan fingerprint density at radius 1 is 1.19 bits per heavy atom. The summed E-state index contributed by atoms with van der Waals surface area (Å²) < 4.78 is 4.41. The molecule has 0 bridgehead atoms. The lowest BCUT2D eigenvalue weighted by Gasteiger charge is -2.04. The van der Waals surface area contributed by atoms with E-state index in [9.17, 15) is 0 Å². The van der Waals surface area contributed by atoms with Gasteiger partial charge in [0.1, 0.15) is 0 Å². The molecule has 0 unspecified atom stereocenters. The van der Waals surface area contributed by atoms with Crippen LogP contribution in [0, 0.1) is 0 Å². The monoisotopic (exact) mass is 294 g/mol. The molecule has 1 heterocycles. The number of nitrogens with zero attached hydrogens (tertiary/aromatic N) is 1. The summed E-state index contributed by atoms with van der Waals surface area (Å²) in [5, 5.41) is 0. The number of rotatable bonds is 4. The maximum atomic E-state index is 3.98. The van der Waals surface area contributed by atoms with Crippen molar-refractivity contribution >= 4 is 27.9 Å². The third kappa shape index (κ3) is 3.63. The molecular formula is C12H11BrN2S. The molecule has 2 nitrogen and oxygen atoms in total. The maximum absolute atomic E-state index is 3.98. The fraction of sp³-hybridized carbons (Fsp3) is 0.0833. The Morgan fingerprint density at radius 3 is 2.75 bits per heavy atom. The van der Waals surface area contributed by atoms with E-state index in [1.54, 1.807) is 24.3 Å². The van der Waals surface area contributed by atoms with E-state index in [4.69, 9.17) is 0 Å². The van der Waals surface area contributed by atoms with Crippen molar-refractivity contribution in [3.63, 3.8) is 0 Å². The van der Waals surface area contributed by atoms with E-state index < -0.39 is 0 Å². The molecule has 82 valence electrons. The minimum atomic E-state index is 0.833. The van der Waals surface area contributed by atoms with Crippen LogP contribution in [0.1, 0.15) is 5.56 Å². The lowest BCUT2D eigenvalue weighted by molar-refractivity contribution is 0.969. The van der Waals surface area contributed by atoms with Gasteiger partial charge in [-0.1, -0.05) is 22.0 Å². The molecule has 2 rings (SSSR count). The van der Waals surface area contributed by atoms with E-state index in [0.717, 1.165) is 11.0 Å². The molecule has 2 aromatic rings. The van der Waals surface area contributed by atoms with E-state index in [1.807, 2.05) is 24.3 Å². The van der Waals surface area contributed by atoms with Crippen molar-refractivity contribution in [1.29, 1.82) is 0 Å². The Morgan fingerprint density at radius 2 is 2.00 bits per heavy atom. The third-order valence-electron chi connectivity index (χ3n) is 2.01. The quantitative estimate of drug-likeness (QED) is 0.872. The number of pyridine rings is 1. The Labute approximate surface area is 108 Å². The Balaban J connectivity index is 1.85. The van der Waals surface area contributed by atoms with Gasteiger partial charge in [-0.25, -0.2) is 0 Å². The van der Waals surface area contributed by atoms with Crippen LogP contribution in [0.2, 0.25) is 0 Å². The number of benzene rings is 1. The number of aromatic nitrogens is 1. The molecule has 0 saturated carbocycles. The predicted octanol–water partition coefficient (Wildman–Crippen LogP) is 3.64. The summed E-state index contributed by atoms with van der Waals surface area (Å²) in [7, 11) is 0. The minimum absolute atomic E-state index is 0.833. The predicted molar refractivity (Wildman–Crippen MR) is 71.1 cm³/mol. The zero-order valence-electron chi connectivity index (χ0n) is 8.56. The lowest BCUT2D eigenvalue weighted by Crippen LogP contribution is -2.02. The molecule has 0 atom stereocenters. The van der Waals surface area contributed by atoms with Crippen LogP contribution in [0.4, 0.5) is 0 Å². The molecular weight excluding hydrogens is 284 g/mol. The van der Waals surface area contributed by atoms with E-state index in [1.165, 1.54) is 10.5 Å². The summed E-state index contributed by atoms with van der Waals surface area (Å²) in [4.78, 5) is 5.18. The van der Waals surface area contributed by atoms with Gasteiger partial charge in [-0.05, 0) is 47.8 Å². The first kappa shape index (κ1) is 11.6. The standard InChI is InChI=1S/C12H11BrN2S/c13-11-2-1-3-12(8-11)16-15-9-10-4-6-14-7-5-10/h1-8,15H,9H2. The van der Waals surface area contributed by atoms with E-state index in [0.29, 0.717) is 0 Å². The molecule has 16 heavy (non-hydrogen) atoms. The van der Waals surface area contributed by atoms with Crippen LogP contribution in [0.3, 0.4) is 0 Å². The van der Waals surface area contributed by atoms with E-state index >= 15 is 0 Å². The Hall–Kier alpha value is -0.840. The van der Waals surface area contributed by atoms with Gasteiger partial charge in [0, 0.05) is 28.3 Å². The highest BCUT2D eigenvalue weighted by molar-refractivity contribution is 9.10. The van der Waals surface area contributed by atoms with Crippen LogP contribution in [-0.4, -0.2) is 4.98 Å². The summed E-state index contributed by atoms with van der Waals surface area (Å²) in [5.41, 5.74) is 1.23.